The lowest BCUT2D eigenvalue weighted by molar-refractivity contribution is -0.144. The molecule has 0 saturated heterocycles. The fourth-order valence-electron chi connectivity index (χ4n) is 3.39. The molecule has 0 atom stereocenters. The lowest BCUT2D eigenvalue weighted by Gasteiger charge is -2.10. The molecule has 37 heavy (non-hydrogen) atoms. The normalized spacial score (nSPS) is 10.4. The van der Waals surface area contributed by atoms with E-state index in [1.165, 1.54) is 0 Å². The maximum Gasteiger partial charge on any atom is 0.333 e. The molecule has 4 aromatic rings. The topological polar surface area (TPSA) is 116 Å². The summed E-state index contributed by atoms with van der Waals surface area (Å²) in [6.07, 6.45) is 2.06. The van der Waals surface area contributed by atoms with Crippen LogP contribution < -0.4 is 14.8 Å². The summed E-state index contributed by atoms with van der Waals surface area (Å²) >= 11 is 0. The van der Waals surface area contributed by atoms with Gasteiger partial charge in [-0.2, -0.15) is 9.97 Å². The van der Waals surface area contributed by atoms with Crippen molar-refractivity contribution in [3.05, 3.63) is 114 Å². The molecule has 0 aliphatic heterocycles. The largest absolute Gasteiger partial charge is 0.468 e. The van der Waals surface area contributed by atoms with Gasteiger partial charge in [-0.25, -0.2) is 9.78 Å². The summed E-state index contributed by atoms with van der Waals surface area (Å²) < 4.78 is 15.3. The fraction of sp³-hybridized carbons (Fsp3) is 0.143. The van der Waals surface area contributed by atoms with Crippen LogP contribution in [0.25, 0.3) is 0 Å². The third-order valence-electron chi connectivity index (χ3n) is 5.15. The molecule has 4 rings (SSSR count). The van der Waals surface area contributed by atoms with Crippen LogP contribution in [0.3, 0.4) is 0 Å². The third-order valence-corrected chi connectivity index (χ3v) is 5.15. The van der Waals surface area contributed by atoms with Crippen molar-refractivity contribution in [3.63, 3.8) is 0 Å². The summed E-state index contributed by atoms with van der Waals surface area (Å²) in [6.45, 7) is 2.78. The van der Waals surface area contributed by atoms with E-state index in [4.69, 9.17) is 24.3 Å². The van der Waals surface area contributed by atoms with Crippen LogP contribution >= 0.6 is 0 Å². The van der Waals surface area contributed by atoms with E-state index in [0.717, 1.165) is 22.9 Å². The second kappa shape index (κ2) is 12.8. The number of anilines is 2. The number of aliphatic hydroxyl groups is 1. The van der Waals surface area contributed by atoms with Gasteiger partial charge in [0.25, 0.3) is 0 Å². The molecule has 188 valence electrons. The van der Waals surface area contributed by atoms with Gasteiger partial charge in [0, 0.05) is 24.6 Å². The van der Waals surface area contributed by atoms with Gasteiger partial charge >= 0.3 is 5.97 Å². The molecule has 1 aromatic heterocycles. The van der Waals surface area contributed by atoms with Gasteiger partial charge in [-0.3, -0.25) is 0 Å². The zero-order chi connectivity index (χ0) is 25.9. The van der Waals surface area contributed by atoms with Gasteiger partial charge in [-0.05, 0) is 47.5 Å². The maximum atomic E-state index is 11.1. The van der Waals surface area contributed by atoms with Crippen LogP contribution in [0.1, 0.15) is 22.8 Å². The molecule has 0 aliphatic rings. The van der Waals surface area contributed by atoms with E-state index in [0.29, 0.717) is 41.9 Å². The van der Waals surface area contributed by atoms with Crippen molar-refractivity contribution in [2.24, 2.45) is 0 Å². The number of carbonyl (C=O) groups excluding carboxylic acids is 1. The summed E-state index contributed by atoms with van der Waals surface area (Å²) in [5.41, 5.74) is 2.84. The van der Waals surface area contributed by atoms with Crippen molar-refractivity contribution in [1.29, 1.82) is 0 Å². The number of rotatable bonds is 12. The highest BCUT2D eigenvalue weighted by Crippen LogP contribution is 2.19. The molecule has 2 N–H and O–H groups in total. The van der Waals surface area contributed by atoms with E-state index in [9.17, 15) is 4.79 Å². The molecular formula is C28H26N4O5. The smallest absolute Gasteiger partial charge is 0.333 e. The van der Waals surface area contributed by atoms with E-state index in [-0.39, 0.29) is 13.6 Å². The predicted octanol–water partition coefficient (Wildman–Crippen LogP) is 4.19. The van der Waals surface area contributed by atoms with Gasteiger partial charge in [0.15, 0.2) is 6.79 Å². The van der Waals surface area contributed by atoms with Gasteiger partial charge in [-0.1, -0.05) is 49.0 Å². The van der Waals surface area contributed by atoms with E-state index >= 15 is 0 Å². The number of aliphatic hydroxyl groups excluding tert-OH is 1. The minimum Gasteiger partial charge on any atom is -0.468 e. The summed E-state index contributed by atoms with van der Waals surface area (Å²) in [6, 6.07) is 24.5. The van der Waals surface area contributed by atoms with Crippen molar-refractivity contribution in [3.8, 4) is 11.5 Å². The lowest BCUT2D eigenvalue weighted by Crippen LogP contribution is -2.09. The Morgan fingerprint density at radius 2 is 1.38 bits per heavy atom. The molecular weight excluding hydrogens is 472 g/mol. The first kappa shape index (κ1) is 25.3. The molecule has 0 saturated carbocycles. The minimum absolute atomic E-state index is 0.192. The van der Waals surface area contributed by atoms with Gasteiger partial charge in [0.05, 0.1) is 0 Å². The molecule has 0 bridgehead atoms. The summed E-state index contributed by atoms with van der Waals surface area (Å²) in [7, 11) is 0. The highest BCUT2D eigenvalue weighted by Gasteiger charge is 2.10. The van der Waals surface area contributed by atoms with Crippen LogP contribution in [-0.4, -0.2) is 39.6 Å². The Morgan fingerprint density at radius 1 is 0.811 bits per heavy atom. The van der Waals surface area contributed by atoms with Crippen molar-refractivity contribution >= 4 is 17.6 Å². The Balaban J connectivity index is 1.50. The second-order valence-electron chi connectivity index (χ2n) is 7.83. The van der Waals surface area contributed by atoms with Crippen molar-refractivity contribution in [2.45, 2.75) is 12.8 Å². The number of esters is 1. The third kappa shape index (κ3) is 7.87. The van der Waals surface area contributed by atoms with Crippen molar-refractivity contribution < 1.29 is 24.1 Å². The number of benzene rings is 3. The molecule has 0 amide bonds. The number of aromatic nitrogens is 3. The average molecular weight is 499 g/mol. The number of ether oxygens (including phenoxy) is 3. The molecule has 0 spiro atoms. The highest BCUT2D eigenvalue weighted by atomic mass is 16.7. The molecule has 9 heteroatoms. The first-order chi connectivity index (χ1) is 18.1. The molecule has 0 radical (unpaired) electrons. The van der Waals surface area contributed by atoms with Crippen LogP contribution in [0, 0.1) is 0 Å². The van der Waals surface area contributed by atoms with Gasteiger partial charge < -0.3 is 24.6 Å². The number of para-hydroxylation sites is 1. The summed E-state index contributed by atoms with van der Waals surface area (Å²) in [5, 5.41) is 12.2. The zero-order valence-corrected chi connectivity index (χ0v) is 20.0. The van der Waals surface area contributed by atoms with E-state index in [1.54, 1.807) is 24.3 Å². The molecule has 3 aromatic carbocycles. The number of nitrogens with zero attached hydrogens (tertiary/aromatic N) is 3. The number of hydrogen-bond acceptors (Lipinski definition) is 9. The number of hydrogen-bond donors (Lipinski definition) is 2. The monoisotopic (exact) mass is 498 g/mol. The van der Waals surface area contributed by atoms with Gasteiger partial charge in [-0.15, -0.1) is 0 Å². The van der Waals surface area contributed by atoms with Gasteiger partial charge in [0.1, 0.15) is 23.1 Å². The molecule has 0 fully saturated rings. The number of carbonyl (C=O) groups is 1. The van der Waals surface area contributed by atoms with Crippen LogP contribution in [0.2, 0.25) is 0 Å². The van der Waals surface area contributed by atoms with Crippen LogP contribution in [0.15, 0.2) is 91.5 Å². The van der Waals surface area contributed by atoms with Gasteiger partial charge in [0.2, 0.25) is 12.7 Å². The Labute approximate surface area is 214 Å². The maximum absolute atomic E-state index is 11.1. The minimum atomic E-state index is -0.545. The first-order valence-corrected chi connectivity index (χ1v) is 11.5. The SMILES string of the molecule is C=CC(=O)OCOc1ccc(Cc2nc(Cc3ccc(OCO)cc3)nc(Nc3ccccc3)n2)cc1. The second-order valence-corrected chi connectivity index (χ2v) is 7.83. The Hall–Kier alpha value is -4.76. The Bertz CT molecular complexity index is 1310. The molecule has 9 nitrogen and oxygen atoms in total. The van der Waals surface area contributed by atoms with Crippen LogP contribution in [0.5, 0.6) is 11.5 Å². The summed E-state index contributed by atoms with van der Waals surface area (Å²) in [4.78, 5) is 25.1. The Kier molecular flexibility index (Phi) is 8.77. The fourth-order valence-corrected chi connectivity index (χ4v) is 3.39. The standard InChI is InChI=1S/C28H26N4O5/c1-2-27(34)37-19-36-24-14-10-21(11-15-24)17-26-30-25(16-20-8-12-23(13-9-20)35-18-33)31-28(32-26)29-22-6-4-3-5-7-22/h2-15,33H,1,16-19H2,(H,29,30,31,32). The first-order valence-electron chi connectivity index (χ1n) is 11.5. The van der Waals surface area contributed by atoms with Crippen LogP contribution in [-0.2, 0) is 22.4 Å². The predicted molar refractivity (Wildman–Crippen MR) is 138 cm³/mol. The highest BCUT2D eigenvalue weighted by molar-refractivity contribution is 5.81. The molecule has 0 aliphatic carbocycles. The average Bonchev–Trinajstić information content (AvgIpc) is 2.91. The number of nitrogens with one attached hydrogen (secondary N) is 1. The van der Waals surface area contributed by atoms with E-state index in [1.807, 2.05) is 54.6 Å². The molecule has 1 heterocycles. The van der Waals surface area contributed by atoms with Crippen LogP contribution in [0.4, 0.5) is 11.6 Å². The zero-order valence-electron chi connectivity index (χ0n) is 20.0. The van der Waals surface area contributed by atoms with Crippen molar-refractivity contribution in [1.82, 2.24) is 15.0 Å². The lowest BCUT2D eigenvalue weighted by atomic mass is 10.1. The van der Waals surface area contributed by atoms with Crippen molar-refractivity contribution in [2.75, 3.05) is 18.9 Å². The summed E-state index contributed by atoms with van der Waals surface area (Å²) in [5.74, 6) is 2.28. The van der Waals surface area contributed by atoms with E-state index in [2.05, 4.69) is 21.9 Å². The molecule has 0 unspecified atom stereocenters. The Morgan fingerprint density at radius 3 is 1.92 bits per heavy atom. The quantitative estimate of drug-likeness (QED) is 0.168. The van der Waals surface area contributed by atoms with E-state index < -0.39 is 5.97 Å².